The third kappa shape index (κ3) is 3.56. The fourth-order valence-electron chi connectivity index (χ4n) is 2.23. The molecule has 2 heterocycles. The molecular weight excluding hydrogens is 348 g/mol. The Morgan fingerprint density at radius 2 is 2.08 bits per heavy atom. The quantitative estimate of drug-likeness (QED) is 0.719. The fraction of sp³-hybridized carbons (Fsp3) is 0.118. The zero-order chi connectivity index (χ0) is 18.0. The number of aromatic nitrogens is 2. The lowest BCUT2D eigenvalue weighted by Crippen LogP contribution is -2.16. The predicted molar refractivity (Wildman–Crippen MR) is 90.3 cm³/mol. The summed E-state index contributed by atoms with van der Waals surface area (Å²) in [6, 6.07) is 8.67. The Labute approximate surface area is 147 Å². The van der Waals surface area contributed by atoms with Crippen LogP contribution in [0.4, 0.5) is 0 Å². The van der Waals surface area contributed by atoms with Crippen molar-refractivity contribution in [3.63, 3.8) is 0 Å². The summed E-state index contributed by atoms with van der Waals surface area (Å²) in [5.41, 5.74) is 0.319. The number of pyridine rings is 1. The van der Waals surface area contributed by atoms with E-state index in [1.54, 1.807) is 12.1 Å². The minimum atomic E-state index is -0.738. The molecule has 0 atom stereocenters. The number of phenolic OH excluding ortho intramolecular Hbond substituents is 1. The molecule has 1 aromatic carbocycles. The molecule has 0 saturated carbocycles. The Balaban J connectivity index is 1.79. The van der Waals surface area contributed by atoms with Crippen LogP contribution in [0.15, 0.2) is 47.4 Å². The number of carbonyl (C=O) groups excluding carboxylic acids is 1. The van der Waals surface area contributed by atoms with Gasteiger partial charge in [0.1, 0.15) is 29.3 Å². The number of benzene rings is 1. The van der Waals surface area contributed by atoms with Gasteiger partial charge in [0, 0.05) is 18.3 Å². The average Bonchev–Trinajstić information content (AvgIpc) is 2.60. The first kappa shape index (κ1) is 16.8. The molecule has 0 aliphatic rings. The van der Waals surface area contributed by atoms with E-state index in [0.717, 1.165) is 0 Å². The second kappa shape index (κ2) is 6.82. The van der Waals surface area contributed by atoms with Crippen LogP contribution in [-0.4, -0.2) is 27.6 Å². The number of fused-ring (bicyclic) bond motifs is 1. The summed E-state index contributed by atoms with van der Waals surface area (Å²) in [4.78, 5) is 28.4. The summed E-state index contributed by atoms with van der Waals surface area (Å²) >= 11 is 5.85. The van der Waals surface area contributed by atoms with Gasteiger partial charge in [-0.3, -0.25) is 9.20 Å². The van der Waals surface area contributed by atoms with Crippen molar-refractivity contribution in [2.75, 3.05) is 7.11 Å². The van der Waals surface area contributed by atoms with Crippen molar-refractivity contribution in [2.24, 2.45) is 0 Å². The van der Waals surface area contributed by atoms with E-state index in [-0.39, 0.29) is 29.2 Å². The lowest BCUT2D eigenvalue weighted by atomic mass is 10.2. The van der Waals surface area contributed by atoms with Crippen molar-refractivity contribution in [1.82, 2.24) is 9.38 Å². The highest BCUT2D eigenvalue weighted by Crippen LogP contribution is 2.24. The minimum absolute atomic E-state index is 0.00917. The highest BCUT2D eigenvalue weighted by molar-refractivity contribution is 6.30. The van der Waals surface area contributed by atoms with Crippen LogP contribution in [0.25, 0.3) is 5.65 Å². The Bertz CT molecular complexity index is 1020. The van der Waals surface area contributed by atoms with Gasteiger partial charge in [0.25, 0.3) is 5.56 Å². The molecule has 0 saturated heterocycles. The largest absolute Gasteiger partial charge is 0.507 e. The zero-order valence-corrected chi connectivity index (χ0v) is 13.9. The van der Waals surface area contributed by atoms with Crippen LogP contribution in [0.3, 0.4) is 0 Å². The zero-order valence-electron chi connectivity index (χ0n) is 13.1. The van der Waals surface area contributed by atoms with E-state index in [1.165, 1.54) is 42.0 Å². The van der Waals surface area contributed by atoms with E-state index in [4.69, 9.17) is 21.1 Å². The molecule has 3 rings (SSSR count). The number of halogens is 1. The average molecular weight is 361 g/mol. The van der Waals surface area contributed by atoms with Gasteiger partial charge < -0.3 is 14.6 Å². The first-order valence-corrected chi connectivity index (χ1v) is 7.57. The first-order valence-electron chi connectivity index (χ1n) is 7.20. The standard InChI is InChI=1S/C17H13ClN2O5/c1-24-12-3-4-13(14(21)7-12)17(23)25-9-11-6-16(22)20-8-10(18)2-5-15(20)19-11/h2-8,21H,9H2,1H3. The van der Waals surface area contributed by atoms with Gasteiger partial charge in [-0.25, -0.2) is 9.78 Å². The van der Waals surface area contributed by atoms with Crippen molar-refractivity contribution in [3.05, 3.63) is 69.2 Å². The normalized spacial score (nSPS) is 10.6. The number of esters is 1. The van der Waals surface area contributed by atoms with Crippen LogP contribution in [0.2, 0.25) is 5.02 Å². The van der Waals surface area contributed by atoms with Gasteiger partial charge in [-0.05, 0) is 24.3 Å². The van der Waals surface area contributed by atoms with Crippen molar-refractivity contribution >= 4 is 23.2 Å². The minimum Gasteiger partial charge on any atom is -0.507 e. The number of carbonyl (C=O) groups is 1. The van der Waals surface area contributed by atoms with E-state index < -0.39 is 5.97 Å². The van der Waals surface area contributed by atoms with Gasteiger partial charge >= 0.3 is 5.97 Å². The lowest BCUT2D eigenvalue weighted by Gasteiger charge is -2.08. The number of hydrogen-bond donors (Lipinski definition) is 1. The van der Waals surface area contributed by atoms with E-state index in [0.29, 0.717) is 16.4 Å². The molecule has 0 unspecified atom stereocenters. The molecule has 0 spiro atoms. The molecule has 25 heavy (non-hydrogen) atoms. The number of rotatable bonds is 4. The Morgan fingerprint density at radius 1 is 1.28 bits per heavy atom. The fourth-order valence-corrected chi connectivity index (χ4v) is 2.39. The van der Waals surface area contributed by atoms with Gasteiger partial charge in [0.05, 0.1) is 17.8 Å². The van der Waals surface area contributed by atoms with Crippen molar-refractivity contribution in [3.8, 4) is 11.5 Å². The van der Waals surface area contributed by atoms with E-state index in [2.05, 4.69) is 4.98 Å². The summed E-state index contributed by atoms with van der Waals surface area (Å²) in [7, 11) is 1.45. The van der Waals surface area contributed by atoms with Crippen LogP contribution in [0.5, 0.6) is 11.5 Å². The molecule has 0 bridgehead atoms. The highest BCUT2D eigenvalue weighted by atomic mass is 35.5. The SMILES string of the molecule is COc1ccc(C(=O)OCc2cc(=O)n3cc(Cl)ccc3n2)c(O)c1. The summed E-state index contributed by atoms with van der Waals surface area (Å²) in [6.07, 6.45) is 1.46. The smallest absolute Gasteiger partial charge is 0.342 e. The molecule has 8 heteroatoms. The summed E-state index contributed by atoms with van der Waals surface area (Å²) in [6.45, 7) is -0.210. The molecule has 0 fully saturated rings. The van der Waals surface area contributed by atoms with E-state index in [9.17, 15) is 14.7 Å². The van der Waals surface area contributed by atoms with Crippen LogP contribution in [-0.2, 0) is 11.3 Å². The maximum Gasteiger partial charge on any atom is 0.342 e. The third-order valence-electron chi connectivity index (χ3n) is 3.45. The maximum absolute atomic E-state index is 12.1. The number of nitrogens with zero attached hydrogens (tertiary/aromatic N) is 2. The van der Waals surface area contributed by atoms with Gasteiger partial charge in [0.15, 0.2) is 0 Å². The monoisotopic (exact) mass is 360 g/mol. The van der Waals surface area contributed by atoms with Gasteiger partial charge in [-0.2, -0.15) is 0 Å². The number of hydrogen-bond acceptors (Lipinski definition) is 6. The van der Waals surface area contributed by atoms with Gasteiger partial charge in [-0.15, -0.1) is 0 Å². The number of methoxy groups -OCH3 is 1. The van der Waals surface area contributed by atoms with Crippen LogP contribution in [0, 0.1) is 0 Å². The lowest BCUT2D eigenvalue weighted by molar-refractivity contribution is 0.0464. The van der Waals surface area contributed by atoms with E-state index >= 15 is 0 Å². The van der Waals surface area contributed by atoms with Crippen LogP contribution in [0.1, 0.15) is 16.1 Å². The van der Waals surface area contributed by atoms with Crippen molar-refractivity contribution < 1.29 is 19.4 Å². The molecule has 2 aromatic heterocycles. The van der Waals surface area contributed by atoms with Crippen molar-refractivity contribution in [2.45, 2.75) is 6.61 Å². The number of ether oxygens (including phenoxy) is 2. The molecular formula is C17H13ClN2O5. The van der Waals surface area contributed by atoms with Gasteiger partial charge in [0.2, 0.25) is 0 Å². The molecule has 0 amide bonds. The predicted octanol–water partition coefficient (Wildman–Crippen LogP) is 2.42. The number of phenols is 1. The first-order chi connectivity index (χ1) is 12.0. The van der Waals surface area contributed by atoms with Crippen LogP contribution < -0.4 is 10.3 Å². The molecule has 1 N–H and O–H groups in total. The summed E-state index contributed by atoms with van der Waals surface area (Å²) in [5.74, 6) is -0.583. The summed E-state index contributed by atoms with van der Waals surface area (Å²) < 4.78 is 11.4. The molecule has 128 valence electrons. The topological polar surface area (TPSA) is 90.1 Å². The molecule has 0 radical (unpaired) electrons. The molecule has 0 aliphatic carbocycles. The van der Waals surface area contributed by atoms with Crippen LogP contribution >= 0.6 is 11.6 Å². The second-order valence-electron chi connectivity index (χ2n) is 5.12. The Morgan fingerprint density at radius 3 is 2.80 bits per heavy atom. The maximum atomic E-state index is 12.1. The molecule has 7 nitrogen and oxygen atoms in total. The van der Waals surface area contributed by atoms with Crippen molar-refractivity contribution in [1.29, 1.82) is 0 Å². The van der Waals surface area contributed by atoms with Gasteiger partial charge in [-0.1, -0.05) is 11.6 Å². The second-order valence-corrected chi connectivity index (χ2v) is 5.56. The molecule has 0 aliphatic heterocycles. The van der Waals surface area contributed by atoms with E-state index in [1.807, 2.05) is 0 Å². The molecule has 3 aromatic rings. The number of aromatic hydroxyl groups is 1. The third-order valence-corrected chi connectivity index (χ3v) is 3.68. The highest BCUT2D eigenvalue weighted by Gasteiger charge is 2.14. The Hall–Kier alpha value is -3.06. The Kier molecular flexibility index (Phi) is 4.58. The summed E-state index contributed by atoms with van der Waals surface area (Å²) in [5, 5.41) is 10.2.